The molecule has 0 radical (unpaired) electrons. The molecule has 0 aliphatic carbocycles. The summed E-state index contributed by atoms with van der Waals surface area (Å²) in [6.07, 6.45) is -5.50. The number of anilines is 4. The predicted octanol–water partition coefficient (Wildman–Crippen LogP) is 11.6. The average molecular weight is 1980 g/mol. The van der Waals surface area contributed by atoms with Crippen molar-refractivity contribution in [2.45, 2.75) is 177 Å². The van der Waals surface area contributed by atoms with E-state index < -0.39 is 132 Å². The van der Waals surface area contributed by atoms with Gasteiger partial charge in [-0.3, -0.25) is 36.5 Å². The molecule has 0 spiro atoms. The Hall–Kier alpha value is -8.18. The molecule has 0 bridgehead atoms. The van der Waals surface area contributed by atoms with Crippen molar-refractivity contribution >= 4 is 122 Å². The number of nitrogens with zero attached hydrogens (tertiary/aromatic N) is 19. The van der Waals surface area contributed by atoms with Crippen LogP contribution in [0.3, 0.4) is 0 Å². The fourth-order valence-electron chi connectivity index (χ4n) is 16.1. The SMILES string of the molecule is CCOP(C)(=O)OC[C@H]1O[C@@H](n2cnc3c(N)nc(C)nc32)[C@@](C)(CO)C1F.CCOP(C)(=O)OC[C@H]1O[C@@H](n2cnc3c(N)nc(C)nc32)[C@@](C)(COC)C1O.CCOP(C)(=O)OC[C@H]1O[C@@H](n2cnc3c(N)nc(Cl)nc32)[C@@](C)(COCc2cc(C)cc(CN=[N+]=[N-])c2)C1O.CCOP(C)(=O)OC[C@H]1O[C@@H](n2cnc3c(N)nc(Cl)nc32)[C@@](C)(COCc2ccc(C)cc2)C1O. The number of methoxy groups -OCH3 is 1. The van der Waals surface area contributed by atoms with Crippen molar-refractivity contribution in [1.82, 2.24) is 78.1 Å². The standard InChI is InChI=1S/C24H32ClN8O6P.C23H31ClN5O6P.C17H28N5O6P.C16H25FN5O5P/c1-5-37-40(4,35)38-11-17-19(34)24(3,12-36-10-16-7-14(2)6-15(8-16)9-29-32-27)22(39-17)33-13-28-18-20(26)30-23(25)31-21(18)33;1-5-33-36(4,31)34-11-16-18(30)23(3,12-32-10-15-8-6-14(2)7-9-15)21(35-16)29-13-26-17-19(25)27-22(24)28-20(17)29;1-6-26-29(5,24)27-7-11-13(23)17(3,8-25-4)16(28-11)22-9-19-12-14(18)20-10(2)21-15(12)22;1-5-25-28(4,24)26-6-10-12(17)16(3,7-23)15(27-10)22-8-19-11-13(18)20-9(2)21-14(11)22/h6-8,13,17,19,22,34H,5,9-12H2,1-4H3,(H2,26,30,31);6-9,13,16,18,21,30H,5,10-12H2,1-4H3,(H2,25,27,28);9,11,13,16,23H,6-8H2,1-5H3,(H2,18,20,21);8,10,12,15,23H,5-7H2,1-4H3,(H2,18,20,21)/t17-,19?,22-,24+,40?;16-,18?,21-,23+,36?;11-,13?,16-,17+,29?;10-,12?,15-,16+,28?/m1111/s1. The highest BCUT2D eigenvalue weighted by Gasteiger charge is 2.59. The number of nitrogens with two attached hydrogens (primary N) is 4. The van der Waals surface area contributed by atoms with Crippen molar-refractivity contribution in [3.63, 3.8) is 0 Å². The molecule has 8 unspecified atom stereocenters. The van der Waals surface area contributed by atoms with Gasteiger partial charge in [-0.05, 0) is 101 Å². The summed E-state index contributed by atoms with van der Waals surface area (Å²) in [4.78, 5) is 53.4. The lowest BCUT2D eigenvalue weighted by atomic mass is 9.83. The van der Waals surface area contributed by atoms with Crippen molar-refractivity contribution in [3.05, 3.63) is 128 Å². The van der Waals surface area contributed by atoms with Crippen LogP contribution in [0, 0.1) is 49.4 Å². The second-order valence-corrected chi connectivity index (χ2v) is 42.4. The van der Waals surface area contributed by atoms with Crippen molar-refractivity contribution in [1.29, 1.82) is 0 Å². The molecule has 46 nitrogen and oxygen atoms in total. The topological polar surface area (TPSA) is 615 Å². The van der Waals surface area contributed by atoms with E-state index in [0.717, 1.165) is 27.8 Å². The number of ether oxygens (including phenoxy) is 7. The molecule has 10 aromatic rings. The van der Waals surface area contributed by atoms with E-state index in [1.165, 1.54) is 50.2 Å². The largest absolute Gasteiger partial charge is 0.396 e. The van der Waals surface area contributed by atoms with Crippen LogP contribution in [0.25, 0.3) is 55.1 Å². The maximum atomic E-state index is 15.2. The maximum absolute atomic E-state index is 15.2. The quantitative estimate of drug-likeness (QED) is 0.00589. The Bertz CT molecular complexity index is 5960. The van der Waals surface area contributed by atoms with Gasteiger partial charge < -0.3 is 113 Å². The molecule has 53 heteroatoms. The van der Waals surface area contributed by atoms with Gasteiger partial charge in [0.2, 0.25) is 10.6 Å². The number of rotatable bonds is 37. The molecule has 4 saturated heterocycles. The number of halogens is 3. The van der Waals surface area contributed by atoms with Gasteiger partial charge in [0.15, 0.2) is 45.9 Å². The number of hydrogen-bond donors (Lipinski definition) is 8. The number of aliphatic hydroxyl groups is 4. The molecule has 4 fully saturated rings. The number of hydrogen-bond acceptors (Lipinski definition) is 40. The van der Waals surface area contributed by atoms with E-state index in [1.807, 2.05) is 70.2 Å². The zero-order valence-corrected chi connectivity index (χ0v) is 81.8. The number of aromatic nitrogens is 16. The van der Waals surface area contributed by atoms with E-state index in [0.29, 0.717) is 62.9 Å². The Morgan fingerprint density at radius 3 is 1.14 bits per heavy atom. The van der Waals surface area contributed by atoms with Gasteiger partial charge in [-0.15, -0.1) is 0 Å². The third-order valence-corrected chi connectivity index (χ3v) is 28.3. The Morgan fingerprint density at radius 2 is 0.789 bits per heavy atom. The van der Waals surface area contributed by atoms with Gasteiger partial charge in [0.1, 0.15) is 89.2 Å². The summed E-state index contributed by atoms with van der Waals surface area (Å²) in [5, 5.41) is 47.4. The maximum Gasteiger partial charge on any atom is 0.327 e. The number of alkyl halides is 1. The number of aliphatic hydroxyl groups excluding tert-OH is 4. The van der Waals surface area contributed by atoms with E-state index in [9.17, 15) is 38.7 Å². The summed E-state index contributed by atoms with van der Waals surface area (Å²) in [6, 6.07) is 13.8. The minimum atomic E-state index is -3.35. The molecule has 8 aromatic heterocycles. The Balaban J connectivity index is 0.000000173. The van der Waals surface area contributed by atoms with E-state index >= 15 is 4.39 Å². The first-order valence-electron chi connectivity index (χ1n) is 42.2. The molecule has 12 N–H and O–H groups in total. The van der Waals surface area contributed by atoms with Gasteiger partial charge >= 0.3 is 30.4 Å². The summed E-state index contributed by atoms with van der Waals surface area (Å²) in [5.41, 5.74) is 36.2. The fraction of sp³-hybridized carbons (Fsp3) is 0.600. The number of aryl methyl sites for hydroxylation is 4. The van der Waals surface area contributed by atoms with Crippen LogP contribution in [0.5, 0.6) is 0 Å². The molecule has 14 rings (SSSR count). The second-order valence-electron chi connectivity index (χ2n) is 33.4. The predicted molar refractivity (Wildman–Crippen MR) is 487 cm³/mol. The molecule has 0 amide bonds. The van der Waals surface area contributed by atoms with Gasteiger partial charge in [-0.1, -0.05) is 86.4 Å². The highest BCUT2D eigenvalue weighted by atomic mass is 35.5. The average Bonchev–Trinajstić information content (AvgIpc) is 1.61. The number of benzene rings is 2. The molecular formula is C80H116Cl2FN23O23P4. The number of imidazole rings is 4. The molecule has 12 heterocycles. The van der Waals surface area contributed by atoms with Crippen LogP contribution in [-0.4, -0.2) is 260 Å². The zero-order valence-electron chi connectivity index (χ0n) is 76.7. The summed E-state index contributed by atoms with van der Waals surface area (Å²) >= 11 is 12.1. The van der Waals surface area contributed by atoms with Crippen LogP contribution in [0.1, 0.15) is 120 Å². The van der Waals surface area contributed by atoms with Gasteiger partial charge in [-0.2, -0.15) is 19.9 Å². The lowest BCUT2D eigenvalue weighted by Crippen LogP contribution is -2.42. The first kappa shape index (κ1) is 105. The molecule has 4 aliphatic rings. The molecule has 133 heavy (non-hydrogen) atoms. The first-order valence-corrected chi connectivity index (χ1v) is 50.9. The van der Waals surface area contributed by atoms with E-state index in [-0.39, 0.29) is 120 Å². The van der Waals surface area contributed by atoms with E-state index in [1.54, 1.807) is 82.5 Å². The minimum absolute atomic E-state index is 0.0406. The van der Waals surface area contributed by atoms with E-state index in [2.05, 4.69) is 69.8 Å². The van der Waals surface area contributed by atoms with Crippen molar-refractivity contribution in [2.24, 2.45) is 26.8 Å². The Morgan fingerprint density at radius 1 is 0.466 bits per heavy atom. The minimum Gasteiger partial charge on any atom is -0.396 e. The Labute approximate surface area is 775 Å². The number of azide groups is 1. The molecule has 2 aromatic carbocycles. The van der Waals surface area contributed by atoms with Crippen LogP contribution in [0.15, 0.2) is 72.9 Å². The van der Waals surface area contributed by atoms with Gasteiger partial charge in [0, 0.05) is 38.7 Å². The third kappa shape index (κ3) is 24.3. The fourth-order valence-corrected chi connectivity index (χ4v) is 20.3. The molecule has 20 atom stereocenters. The number of fused-ring (bicyclic) bond motifs is 4. The zero-order chi connectivity index (χ0) is 97.3. The molecule has 0 saturated carbocycles. The van der Waals surface area contributed by atoms with Gasteiger partial charge in [0.05, 0.1) is 164 Å². The van der Waals surface area contributed by atoms with Crippen molar-refractivity contribution in [3.8, 4) is 0 Å². The lowest BCUT2D eigenvalue weighted by molar-refractivity contribution is -0.0736. The monoisotopic (exact) mass is 1980 g/mol. The van der Waals surface area contributed by atoms with Gasteiger partial charge in [-0.25, -0.2) is 44.3 Å². The van der Waals surface area contributed by atoms with Crippen molar-refractivity contribution < 1.29 is 112 Å². The lowest BCUT2D eigenvalue weighted by Gasteiger charge is -2.33. The number of nitrogen functional groups attached to an aromatic ring is 4. The molecule has 730 valence electrons. The highest BCUT2D eigenvalue weighted by molar-refractivity contribution is 7.53. The van der Waals surface area contributed by atoms with Crippen LogP contribution in [0.2, 0.25) is 10.6 Å². The summed E-state index contributed by atoms with van der Waals surface area (Å²) in [5.74, 6) is 1.61. The van der Waals surface area contributed by atoms with Crippen LogP contribution in [-0.2, 0) is 107 Å². The third-order valence-electron chi connectivity index (χ3n) is 22.6. The van der Waals surface area contributed by atoms with E-state index in [4.69, 9.17) is 121 Å². The van der Waals surface area contributed by atoms with Crippen LogP contribution in [0.4, 0.5) is 27.7 Å². The molecular weight excluding hydrogens is 1860 g/mol. The summed E-state index contributed by atoms with van der Waals surface area (Å²) < 4.78 is 156. The van der Waals surface area contributed by atoms with Crippen molar-refractivity contribution in [2.75, 3.05) is 136 Å². The van der Waals surface area contributed by atoms with Crippen LogP contribution < -0.4 is 22.9 Å². The first-order chi connectivity index (χ1) is 62.8. The van der Waals surface area contributed by atoms with Crippen LogP contribution >= 0.6 is 53.6 Å². The Kier molecular flexibility index (Phi) is 34.9. The van der Waals surface area contributed by atoms with Gasteiger partial charge in [0.25, 0.3) is 0 Å². The molecule has 4 aliphatic heterocycles. The second kappa shape index (κ2) is 44.1. The summed E-state index contributed by atoms with van der Waals surface area (Å²) in [6.45, 7) is 27.5. The highest BCUT2D eigenvalue weighted by Crippen LogP contribution is 2.55. The summed E-state index contributed by atoms with van der Waals surface area (Å²) in [7, 11) is -11.7. The normalized spacial score (nSPS) is 27.0. The smallest absolute Gasteiger partial charge is 0.327 e.